The molecule has 1 heterocycles. The molecule has 0 aromatic carbocycles. The van der Waals surface area contributed by atoms with E-state index in [-0.39, 0.29) is 18.9 Å². The molecule has 10 heteroatoms. The van der Waals surface area contributed by atoms with Gasteiger partial charge in [-0.3, -0.25) is 9.59 Å². The summed E-state index contributed by atoms with van der Waals surface area (Å²) in [5.74, 6) is -2.10. The Bertz CT molecular complexity index is 530. The topological polar surface area (TPSA) is 88.3 Å². The standard InChI is InChI=1S/C11H13ClF2N4O3/c1-3-9(20)18(4-2)6-8(19)15-5-7-16-10(21-17-7)11(12,13)14/h3H,1,4-6H2,2H3,(H,15,19). The number of nitrogens with zero attached hydrogens (tertiary/aromatic N) is 3. The van der Waals surface area contributed by atoms with Crippen molar-refractivity contribution in [3.63, 3.8) is 0 Å². The second kappa shape index (κ2) is 7.11. The van der Waals surface area contributed by atoms with Gasteiger partial charge in [-0.2, -0.15) is 13.8 Å². The summed E-state index contributed by atoms with van der Waals surface area (Å²) in [5.41, 5.74) is 0. The lowest BCUT2D eigenvalue weighted by molar-refractivity contribution is -0.132. The molecule has 0 radical (unpaired) electrons. The van der Waals surface area contributed by atoms with E-state index in [9.17, 15) is 18.4 Å². The van der Waals surface area contributed by atoms with E-state index >= 15 is 0 Å². The highest BCUT2D eigenvalue weighted by molar-refractivity contribution is 6.21. The lowest BCUT2D eigenvalue weighted by Gasteiger charge is -2.17. The molecule has 7 nitrogen and oxygen atoms in total. The van der Waals surface area contributed by atoms with E-state index in [0.717, 1.165) is 6.08 Å². The van der Waals surface area contributed by atoms with Crippen LogP contribution < -0.4 is 5.32 Å². The number of hydrogen-bond donors (Lipinski definition) is 1. The Kier molecular flexibility index (Phi) is 5.77. The number of amides is 2. The van der Waals surface area contributed by atoms with Crippen molar-refractivity contribution < 1.29 is 22.9 Å². The van der Waals surface area contributed by atoms with Gasteiger partial charge in [0.05, 0.1) is 13.1 Å². The minimum atomic E-state index is -3.76. The summed E-state index contributed by atoms with van der Waals surface area (Å²) in [6.45, 7) is 4.91. The first-order valence-corrected chi connectivity index (χ1v) is 6.23. The van der Waals surface area contributed by atoms with Gasteiger partial charge in [-0.05, 0) is 24.6 Å². The highest BCUT2D eigenvalue weighted by Crippen LogP contribution is 2.30. The van der Waals surface area contributed by atoms with E-state index in [1.165, 1.54) is 4.90 Å². The molecule has 0 saturated carbocycles. The maximum atomic E-state index is 12.6. The van der Waals surface area contributed by atoms with Crippen molar-refractivity contribution in [2.75, 3.05) is 13.1 Å². The van der Waals surface area contributed by atoms with Crippen molar-refractivity contribution in [2.24, 2.45) is 0 Å². The molecular weight excluding hydrogens is 310 g/mol. The Balaban J connectivity index is 2.51. The highest BCUT2D eigenvalue weighted by Gasteiger charge is 2.35. The molecule has 0 saturated heterocycles. The van der Waals surface area contributed by atoms with Gasteiger partial charge in [0.1, 0.15) is 0 Å². The van der Waals surface area contributed by atoms with Crippen LogP contribution in [-0.4, -0.2) is 39.9 Å². The van der Waals surface area contributed by atoms with Gasteiger partial charge in [-0.1, -0.05) is 11.7 Å². The zero-order valence-corrected chi connectivity index (χ0v) is 11.9. The molecule has 1 aromatic heterocycles. The Morgan fingerprint density at radius 1 is 1.57 bits per heavy atom. The molecule has 0 bridgehead atoms. The maximum Gasteiger partial charge on any atom is 0.400 e. The number of carbonyl (C=O) groups is 2. The highest BCUT2D eigenvalue weighted by atomic mass is 35.5. The molecule has 1 aromatic rings. The second-order valence-electron chi connectivity index (χ2n) is 3.85. The van der Waals surface area contributed by atoms with E-state index < -0.39 is 23.1 Å². The SMILES string of the molecule is C=CC(=O)N(CC)CC(=O)NCc1noc(C(F)(F)Cl)n1. The van der Waals surface area contributed by atoms with Crippen LogP contribution in [0.2, 0.25) is 0 Å². The third-order valence-corrected chi connectivity index (χ3v) is 2.52. The fraction of sp³-hybridized carbons (Fsp3) is 0.455. The summed E-state index contributed by atoms with van der Waals surface area (Å²) in [4.78, 5) is 27.5. The first-order valence-electron chi connectivity index (χ1n) is 5.85. The lowest BCUT2D eigenvalue weighted by atomic mass is 10.4. The molecule has 0 aliphatic heterocycles. The largest absolute Gasteiger partial charge is 0.400 e. The van der Waals surface area contributed by atoms with Crippen LogP contribution in [0, 0.1) is 0 Å². The first-order chi connectivity index (χ1) is 9.77. The van der Waals surface area contributed by atoms with Gasteiger partial charge in [0.15, 0.2) is 5.82 Å². The minimum Gasteiger partial charge on any atom is -0.347 e. The van der Waals surface area contributed by atoms with Crippen LogP contribution >= 0.6 is 11.6 Å². The number of alkyl halides is 3. The Morgan fingerprint density at radius 2 is 2.24 bits per heavy atom. The number of likely N-dealkylation sites (N-methyl/N-ethyl adjacent to an activating group) is 1. The van der Waals surface area contributed by atoms with Gasteiger partial charge >= 0.3 is 11.3 Å². The van der Waals surface area contributed by atoms with E-state index in [0.29, 0.717) is 6.54 Å². The third-order valence-electron chi connectivity index (χ3n) is 2.36. The zero-order valence-electron chi connectivity index (χ0n) is 11.1. The molecule has 0 aliphatic carbocycles. The summed E-state index contributed by atoms with van der Waals surface area (Å²) in [5, 5.41) is 1.85. The molecular formula is C11H13ClF2N4O3. The number of aromatic nitrogens is 2. The molecule has 0 aliphatic rings. The van der Waals surface area contributed by atoms with Gasteiger partial charge in [0.2, 0.25) is 11.8 Å². The Hall–Kier alpha value is -2.03. The van der Waals surface area contributed by atoms with Crippen molar-refractivity contribution in [2.45, 2.75) is 18.9 Å². The van der Waals surface area contributed by atoms with Crippen LogP contribution in [0.15, 0.2) is 17.2 Å². The molecule has 1 rings (SSSR count). The number of nitrogens with one attached hydrogen (secondary N) is 1. The molecule has 116 valence electrons. The summed E-state index contributed by atoms with van der Waals surface area (Å²) in [7, 11) is 0. The summed E-state index contributed by atoms with van der Waals surface area (Å²) < 4.78 is 29.5. The van der Waals surface area contributed by atoms with Gasteiger partial charge in [0.25, 0.3) is 0 Å². The Labute approximate surface area is 123 Å². The average Bonchev–Trinajstić information content (AvgIpc) is 2.90. The molecule has 1 N–H and O–H groups in total. The zero-order chi connectivity index (χ0) is 16.0. The van der Waals surface area contributed by atoms with Gasteiger partial charge in [-0.25, -0.2) is 0 Å². The predicted octanol–water partition coefficient (Wildman–Crippen LogP) is 1.01. The first kappa shape index (κ1) is 17.0. The van der Waals surface area contributed by atoms with Crippen LogP contribution in [0.3, 0.4) is 0 Å². The van der Waals surface area contributed by atoms with Crippen LogP contribution in [-0.2, 0) is 21.5 Å². The van der Waals surface area contributed by atoms with E-state index in [1.807, 2.05) is 0 Å². The molecule has 0 unspecified atom stereocenters. The van der Waals surface area contributed by atoms with Crippen molar-refractivity contribution in [1.82, 2.24) is 20.4 Å². The van der Waals surface area contributed by atoms with Gasteiger partial charge in [0, 0.05) is 6.54 Å². The fourth-order valence-corrected chi connectivity index (χ4v) is 1.40. The number of hydrogen-bond acceptors (Lipinski definition) is 5. The summed E-state index contributed by atoms with van der Waals surface area (Å²) >= 11 is 4.70. The second-order valence-corrected chi connectivity index (χ2v) is 4.32. The van der Waals surface area contributed by atoms with Crippen LogP contribution in [0.4, 0.5) is 8.78 Å². The van der Waals surface area contributed by atoms with Crippen LogP contribution in [0.5, 0.6) is 0 Å². The van der Waals surface area contributed by atoms with E-state index in [1.54, 1.807) is 6.92 Å². The Morgan fingerprint density at radius 3 is 2.71 bits per heavy atom. The van der Waals surface area contributed by atoms with Gasteiger partial charge < -0.3 is 14.7 Å². The number of rotatable bonds is 7. The molecule has 21 heavy (non-hydrogen) atoms. The molecule has 0 atom stereocenters. The molecule has 0 spiro atoms. The van der Waals surface area contributed by atoms with Crippen LogP contribution in [0.25, 0.3) is 0 Å². The normalized spacial score (nSPS) is 11.0. The monoisotopic (exact) mass is 322 g/mol. The van der Waals surface area contributed by atoms with Crippen molar-refractivity contribution >= 4 is 23.4 Å². The van der Waals surface area contributed by atoms with Crippen molar-refractivity contribution in [3.05, 3.63) is 24.4 Å². The third kappa shape index (κ3) is 5.10. The van der Waals surface area contributed by atoms with E-state index in [2.05, 4.69) is 26.6 Å². The molecule has 0 fully saturated rings. The number of carbonyl (C=O) groups excluding carboxylic acids is 2. The quantitative estimate of drug-likeness (QED) is 0.598. The number of halogens is 3. The van der Waals surface area contributed by atoms with Crippen molar-refractivity contribution in [3.8, 4) is 0 Å². The molecule has 2 amide bonds. The minimum absolute atomic E-state index is 0.156. The summed E-state index contributed by atoms with van der Waals surface area (Å²) in [6, 6.07) is 0. The predicted molar refractivity (Wildman–Crippen MR) is 68.3 cm³/mol. The maximum absolute atomic E-state index is 12.6. The van der Waals surface area contributed by atoms with Gasteiger partial charge in [-0.15, -0.1) is 0 Å². The van der Waals surface area contributed by atoms with Crippen molar-refractivity contribution in [1.29, 1.82) is 0 Å². The smallest absolute Gasteiger partial charge is 0.347 e. The fourth-order valence-electron chi connectivity index (χ4n) is 1.32. The summed E-state index contributed by atoms with van der Waals surface area (Å²) in [6.07, 6.45) is 1.09. The van der Waals surface area contributed by atoms with Crippen LogP contribution in [0.1, 0.15) is 18.6 Å². The van der Waals surface area contributed by atoms with E-state index in [4.69, 9.17) is 11.6 Å². The lowest BCUT2D eigenvalue weighted by Crippen LogP contribution is -2.39. The average molecular weight is 323 g/mol.